The van der Waals surface area contributed by atoms with Gasteiger partial charge >= 0.3 is 0 Å². The zero-order valence-corrected chi connectivity index (χ0v) is 13.5. The summed E-state index contributed by atoms with van der Waals surface area (Å²) >= 11 is 0. The Morgan fingerprint density at radius 1 is 1.04 bits per heavy atom. The highest BCUT2D eigenvalue weighted by molar-refractivity contribution is 6.00. The number of hydrogen-bond acceptors (Lipinski definition) is 3. The molecule has 0 spiro atoms. The molecule has 2 N–H and O–H groups in total. The van der Waals surface area contributed by atoms with Crippen LogP contribution in [0.4, 0.5) is 8.78 Å². The minimum absolute atomic E-state index is 0.104. The largest absolute Gasteiger partial charge is 0.317 e. The average Bonchev–Trinajstić information content (AvgIpc) is 2.55. The van der Waals surface area contributed by atoms with E-state index in [1.54, 1.807) is 0 Å². The van der Waals surface area contributed by atoms with Crippen molar-refractivity contribution in [3.05, 3.63) is 34.9 Å². The first-order valence-corrected chi connectivity index (χ1v) is 8.57. The number of rotatable bonds is 4. The van der Waals surface area contributed by atoms with Crippen molar-refractivity contribution in [3.8, 4) is 0 Å². The van der Waals surface area contributed by atoms with Gasteiger partial charge in [-0.1, -0.05) is 0 Å². The number of imide groups is 1. The maximum atomic E-state index is 14.4. The zero-order chi connectivity index (χ0) is 17.1. The molecule has 2 aliphatic heterocycles. The van der Waals surface area contributed by atoms with Crippen LogP contribution in [0.5, 0.6) is 0 Å². The highest BCUT2D eigenvalue weighted by atomic mass is 19.1. The lowest BCUT2D eigenvalue weighted by Gasteiger charge is -2.23. The first-order valence-electron chi connectivity index (χ1n) is 8.57. The molecule has 2 fully saturated rings. The molecule has 2 amide bonds. The minimum Gasteiger partial charge on any atom is -0.317 e. The molecule has 0 aromatic heterocycles. The molecule has 2 heterocycles. The molecule has 0 radical (unpaired) electrons. The van der Waals surface area contributed by atoms with Gasteiger partial charge in [0.2, 0.25) is 11.8 Å². The standard InChI is InChI=1S/C18H22F2N2O2/c19-14-9-12(2-1-11-5-7-21-8-6-11)10-15(20)17(14)13-3-4-16(23)22-18(13)24/h9-11,13,21H,1-8H2,(H,22,23,24). The number of aryl methyl sites for hydroxylation is 1. The van der Waals surface area contributed by atoms with Crippen LogP contribution in [0.1, 0.15) is 49.1 Å². The maximum absolute atomic E-state index is 14.4. The third kappa shape index (κ3) is 3.80. The Morgan fingerprint density at radius 2 is 1.71 bits per heavy atom. The fourth-order valence-electron chi connectivity index (χ4n) is 3.62. The van der Waals surface area contributed by atoms with E-state index < -0.39 is 29.4 Å². The molecule has 4 nitrogen and oxygen atoms in total. The third-order valence-electron chi connectivity index (χ3n) is 5.03. The molecular formula is C18H22F2N2O2. The number of carbonyl (C=O) groups excluding carboxylic acids is 2. The van der Waals surface area contributed by atoms with Crippen molar-refractivity contribution in [1.29, 1.82) is 0 Å². The molecule has 2 saturated heterocycles. The summed E-state index contributed by atoms with van der Waals surface area (Å²) < 4.78 is 28.8. The van der Waals surface area contributed by atoms with Crippen LogP contribution in [0.25, 0.3) is 0 Å². The Balaban J connectivity index is 1.71. The molecule has 0 saturated carbocycles. The predicted octanol–water partition coefficient (Wildman–Crippen LogP) is 2.42. The lowest BCUT2D eigenvalue weighted by Crippen LogP contribution is -2.40. The van der Waals surface area contributed by atoms with Crippen molar-refractivity contribution in [3.63, 3.8) is 0 Å². The summed E-state index contributed by atoms with van der Waals surface area (Å²) in [5.41, 5.74) is 0.408. The van der Waals surface area contributed by atoms with E-state index in [9.17, 15) is 18.4 Å². The van der Waals surface area contributed by atoms with Crippen molar-refractivity contribution in [1.82, 2.24) is 10.6 Å². The van der Waals surface area contributed by atoms with Gasteiger partial charge in [-0.15, -0.1) is 0 Å². The van der Waals surface area contributed by atoms with Gasteiger partial charge in [0, 0.05) is 12.0 Å². The van der Waals surface area contributed by atoms with Gasteiger partial charge in [0.05, 0.1) is 5.92 Å². The molecule has 0 aliphatic carbocycles. The Kier molecular flexibility index (Phi) is 5.23. The fraction of sp³-hybridized carbons (Fsp3) is 0.556. The summed E-state index contributed by atoms with van der Waals surface area (Å²) in [4.78, 5) is 23.0. The zero-order valence-electron chi connectivity index (χ0n) is 13.5. The van der Waals surface area contributed by atoms with Crippen LogP contribution < -0.4 is 10.6 Å². The Labute approximate surface area is 140 Å². The van der Waals surface area contributed by atoms with Gasteiger partial charge in [0.15, 0.2) is 0 Å². The highest BCUT2D eigenvalue weighted by Crippen LogP contribution is 2.30. The number of hydrogen-bond donors (Lipinski definition) is 2. The van der Waals surface area contributed by atoms with Gasteiger partial charge in [-0.05, 0) is 68.8 Å². The molecule has 1 unspecified atom stereocenters. The van der Waals surface area contributed by atoms with E-state index >= 15 is 0 Å². The van der Waals surface area contributed by atoms with Gasteiger partial charge in [-0.2, -0.15) is 0 Å². The van der Waals surface area contributed by atoms with Gasteiger partial charge < -0.3 is 5.32 Å². The first kappa shape index (κ1) is 17.0. The predicted molar refractivity (Wildman–Crippen MR) is 85.4 cm³/mol. The lowest BCUT2D eigenvalue weighted by molar-refractivity contribution is -0.134. The number of amides is 2. The summed E-state index contributed by atoms with van der Waals surface area (Å²) in [6, 6.07) is 2.67. The van der Waals surface area contributed by atoms with Crippen LogP contribution in [-0.2, 0) is 16.0 Å². The van der Waals surface area contributed by atoms with Crippen LogP contribution in [0.15, 0.2) is 12.1 Å². The SMILES string of the molecule is O=C1CCC(c2c(F)cc(CCC3CCNCC3)cc2F)C(=O)N1. The Hall–Kier alpha value is -1.82. The quantitative estimate of drug-likeness (QED) is 0.830. The Morgan fingerprint density at radius 3 is 2.33 bits per heavy atom. The van der Waals surface area contributed by atoms with Gasteiger partial charge in [-0.3, -0.25) is 14.9 Å². The van der Waals surface area contributed by atoms with E-state index in [2.05, 4.69) is 10.6 Å². The first-order chi connectivity index (χ1) is 11.5. The van der Waals surface area contributed by atoms with Crippen LogP contribution in [0.3, 0.4) is 0 Å². The normalized spacial score (nSPS) is 22.5. The average molecular weight is 336 g/mol. The van der Waals surface area contributed by atoms with Crippen LogP contribution in [0, 0.1) is 17.6 Å². The van der Waals surface area contributed by atoms with Crippen molar-refractivity contribution in [2.24, 2.45) is 5.92 Å². The summed E-state index contributed by atoms with van der Waals surface area (Å²) in [6.45, 7) is 2.00. The highest BCUT2D eigenvalue weighted by Gasteiger charge is 2.32. The minimum atomic E-state index is -0.929. The lowest BCUT2D eigenvalue weighted by atomic mass is 9.87. The topological polar surface area (TPSA) is 58.2 Å². The molecule has 1 atom stereocenters. The van der Waals surface area contributed by atoms with E-state index in [1.807, 2.05) is 0 Å². The fourth-order valence-corrected chi connectivity index (χ4v) is 3.62. The van der Waals surface area contributed by atoms with Crippen LogP contribution >= 0.6 is 0 Å². The number of halogens is 2. The third-order valence-corrected chi connectivity index (χ3v) is 5.03. The van der Waals surface area contributed by atoms with E-state index in [0.29, 0.717) is 17.9 Å². The number of carbonyl (C=O) groups is 2. The monoisotopic (exact) mass is 336 g/mol. The smallest absolute Gasteiger partial charge is 0.234 e. The van der Waals surface area contributed by atoms with Crippen LogP contribution in [0.2, 0.25) is 0 Å². The molecule has 1 aromatic rings. The molecule has 0 bridgehead atoms. The van der Waals surface area contributed by atoms with Crippen molar-refractivity contribution in [2.75, 3.05) is 13.1 Å². The molecular weight excluding hydrogens is 314 g/mol. The van der Waals surface area contributed by atoms with Gasteiger partial charge in [0.1, 0.15) is 11.6 Å². The summed E-state index contributed by atoms with van der Waals surface area (Å²) in [6.07, 6.45) is 3.99. The number of benzene rings is 1. The molecule has 6 heteroatoms. The number of piperidine rings is 2. The van der Waals surface area contributed by atoms with Crippen molar-refractivity contribution < 1.29 is 18.4 Å². The van der Waals surface area contributed by atoms with Gasteiger partial charge in [-0.25, -0.2) is 8.78 Å². The van der Waals surface area contributed by atoms with E-state index in [0.717, 1.165) is 32.4 Å². The van der Waals surface area contributed by atoms with Crippen molar-refractivity contribution in [2.45, 2.75) is 44.4 Å². The second-order valence-corrected chi connectivity index (χ2v) is 6.71. The van der Waals surface area contributed by atoms with Crippen LogP contribution in [-0.4, -0.2) is 24.9 Å². The van der Waals surface area contributed by atoms with E-state index in [-0.39, 0.29) is 18.4 Å². The molecule has 1 aromatic carbocycles. The number of nitrogens with one attached hydrogen (secondary N) is 2. The summed E-state index contributed by atoms with van der Waals surface area (Å²) in [5, 5.41) is 5.45. The van der Waals surface area contributed by atoms with E-state index in [1.165, 1.54) is 12.1 Å². The molecule has 3 rings (SSSR count). The molecule has 2 aliphatic rings. The summed E-state index contributed by atoms with van der Waals surface area (Å²) in [5.74, 6) is -2.73. The van der Waals surface area contributed by atoms with E-state index in [4.69, 9.17) is 0 Å². The molecule has 130 valence electrons. The second-order valence-electron chi connectivity index (χ2n) is 6.71. The van der Waals surface area contributed by atoms with Crippen molar-refractivity contribution >= 4 is 11.8 Å². The maximum Gasteiger partial charge on any atom is 0.234 e. The Bertz CT molecular complexity index is 619. The summed E-state index contributed by atoms with van der Waals surface area (Å²) in [7, 11) is 0. The second kappa shape index (κ2) is 7.38. The molecule has 24 heavy (non-hydrogen) atoms. The van der Waals surface area contributed by atoms with Gasteiger partial charge in [0.25, 0.3) is 0 Å².